The fourth-order valence-corrected chi connectivity index (χ4v) is 3.26. The molecule has 2 rings (SSSR count). The lowest BCUT2D eigenvalue weighted by Gasteiger charge is -2.33. The van der Waals surface area contributed by atoms with Crippen molar-refractivity contribution < 1.29 is 0 Å². The summed E-state index contributed by atoms with van der Waals surface area (Å²) in [7, 11) is 0. The van der Waals surface area contributed by atoms with Gasteiger partial charge in [0, 0.05) is 6.04 Å². The molecule has 1 heteroatoms. The van der Waals surface area contributed by atoms with Crippen molar-refractivity contribution in [2.45, 2.75) is 52.0 Å². The summed E-state index contributed by atoms with van der Waals surface area (Å²) in [5.74, 6) is 2.88. The van der Waals surface area contributed by atoms with Crippen LogP contribution in [0.3, 0.4) is 0 Å². The van der Waals surface area contributed by atoms with Crippen LogP contribution >= 0.6 is 0 Å². The second-order valence-electron chi connectivity index (χ2n) is 5.44. The normalized spacial score (nSPS) is 39.5. The van der Waals surface area contributed by atoms with E-state index in [1.165, 1.54) is 38.6 Å². The molecule has 3 atom stereocenters. The first kappa shape index (κ1) is 9.51. The van der Waals surface area contributed by atoms with E-state index in [4.69, 9.17) is 0 Å². The zero-order valence-electron chi connectivity index (χ0n) is 9.05. The van der Waals surface area contributed by atoms with Gasteiger partial charge in [-0.3, -0.25) is 0 Å². The van der Waals surface area contributed by atoms with E-state index in [1.54, 1.807) is 0 Å². The Hall–Kier alpha value is -0.0400. The Morgan fingerprint density at radius 1 is 1.31 bits per heavy atom. The molecule has 1 heterocycles. The summed E-state index contributed by atoms with van der Waals surface area (Å²) >= 11 is 0. The van der Waals surface area contributed by atoms with Crippen LogP contribution < -0.4 is 5.32 Å². The van der Waals surface area contributed by atoms with E-state index >= 15 is 0 Å². The van der Waals surface area contributed by atoms with Gasteiger partial charge in [-0.2, -0.15) is 0 Å². The highest BCUT2D eigenvalue weighted by molar-refractivity contribution is 4.89. The monoisotopic (exact) mass is 181 g/mol. The maximum Gasteiger partial charge on any atom is 0.00955 e. The molecule has 1 saturated carbocycles. The van der Waals surface area contributed by atoms with Crippen LogP contribution in [0.4, 0.5) is 0 Å². The Morgan fingerprint density at radius 2 is 2.15 bits per heavy atom. The van der Waals surface area contributed by atoms with Gasteiger partial charge in [-0.15, -0.1) is 0 Å². The molecule has 1 saturated heterocycles. The van der Waals surface area contributed by atoms with Crippen molar-refractivity contribution in [3.63, 3.8) is 0 Å². The molecule has 0 aromatic heterocycles. The average molecular weight is 181 g/mol. The maximum absolute atomic E-state index is 3.74. The first-order valence-electron chi connectivity index (χ1n) is 5.99. The zero-order valence-corrected chi connectivity index (χ0v) is 9.05. The summed E-state index contributed by atoms with van der Waals surface area (Å²) in [6.45, 7) is 5.99. The average Bonchev–Trinajstić information content (AvgIpc) is 2.49. The van der Waals surface area contributed by atoms with Crippen molar-refractivity contribution in [2.24, 2.45) is 17.8 Å². The van der Waals surface area contributed by atoms with E-state index < -0.39 is 0 Å². The lowest BCUT2D eigenvalue weighted by atomic mass is 9.82. The lowest BCUT2D eigenvalue weighted by molar-refractivity contribution is 0.219. The van der Waals surface area contributed by atoms with Crippen LogP contribution in [0.25, 0.3) is 0 Å². The SMILES string of the molecule is CC(C)CC1CNC2CCCC2C1. The molecule has 0 amide bonds. The summed E-state index contributed by atoms with van der Waals surface area (Å²) in [4.78, 5) is 0. The number of hydrogen-bond acceptors (Lipinski definition) is 1. The predicted octanol–water partition coefficient (Wildman–Crippen LogP) is 2.81. The van der Waals surface area contributed by atoms with Crippen LogP contribution in [0.1, 0.15) is 46.0 Å². The Balaban J connectivity index is 1.83. The van der Waals surface area contributed by atoms with Crippen molar-refractivity contribution in [2.75, 3.05) is 6.54 Å². The first-order valence-corrected chi connectivity index (χ1v) is 5.99. The number of piperidine rings is 1. The largest absolute Gasteiger partial charge is 0.313 e. The molecular weight excluding hydrogens is 158 g/mol. The van der Waals surface area contributed by atoms with Crippen LogP contribution in [-0.4, -0.2) is 12.6 Å². The van der Waals surface area contributed by atoms with Gasteiger partial charge >= 0.3 is 0 Å². The molecule has 13 heavy (non-hydrogen) atoms. The maximum atomic E-state index is 3.74. The number of rotatable bonds is 2. The van der Waals surface area contributed by atoms with Crippen LogP contribution in [0.5, 0.6) is 0 Å². The van der Waals surface area contributed by atoms with Gasteiger partial charge in [0.05, 0.1) is 0 Å². The molecule has 1 aliphatic carbocycles. The molecule has 1 aliphatic heterocycles. The molecule has 0 aromatic rings. The van der Waals surface area contributed by atoms with E-state index in [2.05, 4.69) is 19.2 Å². The Morgan fingerprint density at radius 3 is 2.92 bits per heavy atom. The summed E-state index contributed by atoms with van der Waals surface area (Å²) in [6, 6.07) is 0.892. The zero-order chi connectivity index (χ0) is 9.26. The molecule has 1 N–H and O–H groups in total. The molecule has 0 spiro atoms. The number of nitrogens with one attached hydrogen (secondary N) is 1. The van der Waals surface area contributed by atoms with Gasteiger partial charge < -0.3 is 5.32 Å². The van der Waals surface area contributed by atoms with Crippen molar-refractivity contribution in [1.82, 2.24) is 5.32 Å². The van der Waals surface area contributed by atoms with Gasteiger partial charge in [0.2, 0.25) is 0 Å². The van der Waals surface area contributed by atoms with Gasteiger partial charge in [0.15, 0.2) is 0 Å². The molecule has 0 aromatic carbocycles. The van der Waals surface area contributed by atoms with Crippen LogP contribution in [0, 0.1) is 17.8 Å². The Labute approximate surface area is 82.3 Å². The molecule has 1 nitrogen and oxygen atoms in total. The van der Waals surface area contributed by atoms with Gasteiger partial charge in [-0.1, -0.05) is 20.3 Å². The summed E-state index contributed by atoms with van der Waals surface area (Å²) in [5, 5.41) is 3.74. The molecule has 2 fully saturated rings. The van der Waals surface area contributed by atoms with Crippen molar-refractivity contribution >= 4 is 0 Å². The lowest BCUT2D eigenvalue weighted by Crippen LogP contribution is -2.42. The summed E-state index contributed by atoms with van der Waals surface area (Å²) < 4.78 is 0. The number of hydrogen-bond donors (Lipinski definition) is 1. The fourth-order valence-electron chi connectivity index (χ4n) is 3.26. The standard InChI is InChI=1S/C12H23N/c1-9(2)6-10-7-11-4-3-5-12(11)13-8-10/h9-13H,3-8H2,1-2H3. The van der Waals surface area contributed by atoms with E-state index in [0.29, 0.717) is 0 Å². The van der Waals surface area contributed by atoms with Gasteiger partial charge in [0.25, 0.3) is 0 Å². The Bertz CT molecular complexity index is 165. The molecule has 0 bridgehead atoms. The second kappa shape index (κ2) is 4.00. The quantitative estimate of drug-likeness (QED) is 0.690. The van der Waals surface area contributed by atoms with Crippen LogP contribution in [0.2, 0.25) is 0 Å². The van der Waals surface area contributed by atoms with Crippen LogP contribution in [0.15, 0.2) is 0 Å². The second-order valence-corrected chi connectivity index (χ2v) is 5.44. The number of fused-ring (bicyclic) bond motifs is 1. The molecule has 76 valence electrons. The van der Waals surface area contributed by atoms with Gasteiger partial charge in [0.1, 0.15) is 0 Å². The van der Waals surface area contributed by atoms with Gasteiger partial charge in [-0.25, -0.2) is 0 Å². The third-order valence-electron chi connectivity index (χ3n) is 3.77. The minimum Gasteiger partial charge on any atom is -0.313 e. The molecule has 0 radical (unpaired) electrons. The Kier molecular flexibility index (Phi) is 2.92. The van der Waals surface area contributed by atoms with Crippen LogP contribution in [-0.2, 0) is 0 Å². The van der Waals surface area contributed by atoms with E-state index in [1.807, 2.05) is 0 Å². The minimum absolute atomic E-state index is 0.879. The summed E-state index contributed by atoms with van der Waals surface area (Å²) in [6.07, 6.45) is 7.34. The smallest absolute Gasteiger partial charge is 0.00955 e. The minimum atomic E-state index is 0.879. The highest BCUT2D eigenvalue weighted by Crippen LogP contribution is 2.35. The first-order chi connectivity index (χ1) is 6.25. The van der Waals surface area contributed by atoms with E-state index in [0.717, 1.165) is 23.8 Å². The molecular formula is C12H23N. The topological polar surface area (TPSA) is 12.0 Å². The van der Waals surface area contributed by atoms with Crippen molar-refractivity contribution in [3.8, 4) is 0 Å². The van der Waals surface area contributed by atoms with Crippen molar-refractivity contribution in [3.05, 3.63) is 0 Å². The molecule has 3 unspecified atom stereocenters. The van der Waals surface area contributed by atoms with E-state index in [9.17, 15) is 0 Å². The summed E-state index contributed by atoms with van der Waals surface area (Å²) in [5.41, 5.74) is 0. The molecule has 2 aliphatic rings. The third kappa shape index (κ3) is 2.25. The van der Waals surface area contributed by atoms with Gasteiger partial charge in [-0.05, 0) is 50.0 Å². The van der Waals surface area contributed by atoms with E-state index in [-0.39, 0.29) is 0 Å². The third-order valence-corrected chi connectivity index (χ3v) is 3.77. The highest BCUT2D eigenvalue weighted by atomic mass is 14.9. The fraction of sp³-hybridized carbons (Fsp3) is 1.00. The predicted molar refractivity (Wildman–Crippen MR) is 56.7 cm³/mol. The van der Waals surface area contributed by atoms with Crippen molar-refractivity contribution in [1.29, 1.82) is 0 Å². The highest BCUT2D eigenvalue weighted by Gasteiger charge is 2.33.